The highest BCUT2D eigenvalue weighted by molar-refractivity contribution is 6.00. The van der Waals surface area contributed by atoms with Crippen LogP contribution in [0.1, 0.15) is 17.4 Å². The molecule has 3 N–H and O–H groups in total. The van der Waals surface area contributed by atoms with Gasteiger partial charge in [0, 0.05) is 11.9 Å². The molecule has 1 aromatic heterocycles. The lowest BCUT2D eigenvalue weighted by Gasteiger charge is -2.16. The number of hydrogen-bond acceptors (Lipinski definition) is 2. The van der Waals surface area contributed by atoms with Gasteiger partial charge in [-0.05, 0) is 19.1 Å². The van der Waals surface area contributed by atoms with Crippen LogP contribution in [0.2, 0.25) is 0 Å². The Morgan fingerprint density at radius 1 is 1.56 bits per heavy atom. The van der Waals surface area contributed by atoms with E-state index in [9.17, 15) is 4.79 Å². The van der Waals surface area contributed by atoms with E-state index in [2.05, 4.69) is 10.9 Å². The van der Waals surface area contributed by atoms with Crippen LogP contribution in [-0.4, -0.2) is 28.9 Å². The summed E-state index contributed by atoms with van der Waals surface area (Å²) < 4.78 is 0. The number of amides is 1. The summed E-state index contributed by atoms with van der Waals surface area (Å²) in [5.74, 6) is 2.38. The van der Waals surface area contributed by atoms with Gasteiger partial charge in [-0.3, -0.25) is 4.79 Å². The van der Waals surface area contributed by atoms with Crippen LogP contribution in [-0.2, 0) is 0 Å². The number of aromatic nitrogens is 1. The minimum atomic E-state index is -0.106. The second-order valence-corrected chi connectivity index (χ2v) is 4.02. The molecule has 0 radical (unpaired) electrons. The van der Waals surface area contributed by atoms with E-state index in [1.165, 1.54) is 0 Å². The van der Waals surface area contributed by atoms with Gasteiger partial charge in [0.2, 0.25) is 0 Å². The molecule has 0 aliphatic carbocycles. The first-order valence-electron chi connectivity index (χ1n) is 5.77. The molecule has 1 amide bonds. The number of fused-ring (bicyclic) bond motifs is 1. The van der Waals surface area contributed by atoms with Gasteiger partial charge in [0.25, 0.3) is 5.91 Å². The molecule has 92 valence electrons. The Bertz CT molecular complexity index is 621. The van der Waals surface area contributed by atoms with E-state index in [0.29, 0.717) is 24.5 Å². The van der Waals surface area contributed by atoms with E-state index < -0.39 is 0 Å². The van der Waals surface area contributed by atoms with Crippen LogP contribution in [0.25, 0.3) is 10.9 Å². The number of aromatic amines is 1. The average Bonchev–Trinajstić information content (AvgIpc) is 2.80. The number of carbonyl (C=O) groups is 1. The maximum absolute atomic E-state index is 12.2. The van der Waals surface area contributed by atoms with Crippen molar-refractivity contribution in [1.82, 2.24) is 9.88 Å². The lowest BCUT2D eigenvalue weighted by atomic mass is 10.2. The third-order valence-corrected chi connectivity index (χ3v) is 2.87. The number of hydrogen-bond donors (Lipinski definition) is 2. The van der Waals surface area contributed by atoms with Crippen LogP contribution < -0.4 is 5.73 Å². The molecule has 0 fully saturated rings. The van der Waals surface area contributed by atoms with E-state index >= 15 is 0 Å². The zero-order valence-corrected chi connectivity index (χ0v) is 10.2. The van der Waals surface area contributed by atoms with Crippen molar-refractivity contribution < 1.29 is 4.79 Å². The lowest BCUT2D eigenvalue weighted by Crippen LogP contribution is -2.31. The molecule has 18 heavy (non-hydrogen) atoms. The quantitative estimate of drug-likeness (QED) is 0.636. The molecule has 4 nitrogen and oxygen atoms in total. The SMILES string of the molecule is C#CCN(CC)C(=O)c1cc2cccc(N)c2[nH]1. The van der Waals surface area contributed by atoms with Crippen LogP contribution in [0, 0.1) is 12.3 Å². The fourth-order valence-corrected chi connectivity index (χ4v) is 1.90. The Hall–Kier alpha value is -2.41. The van der Waals surface area contributed by atoms with E-state index in [4.69, 9.17) is 12.2 Å². The summed E-state index contributed by atoms with van der Waals surface area (Å²) in [4.78, 5) is 16.9. The van der Waals surface area contributed by atoms with Gasteiger partial charge in [-0.25, -0.2) is 0 Å². The Balaban J connectivity index is 2.40. The summed E-state index contributed by atoms with van der Waals surface area (Å²) in [6.07, 6.45) is 5.25. The van der Waals surface area contributed by atoms with Gasteiger partial charge in [0.1, 0.15) is 5.69 Å². The fraction of sp³-hybridized carbons (Fsp3) is 0.214. The molecule has 0 aliphatic heterocycles. The Labute approximate surface area is 106 Å². The standard InChI is InChI=1S/C14H15N3O/c1-3-8-17(4-2)14(18)12-9-10-6-5-7-11(15)13(10)16-12/h1,5-7,9,16H,4,8,15H2,2H3. The van der Waals surface area contributed by atoms with Crippen LogP contribution >= 0.6 is 0 Å². The topological polar surface area (TPSA) is 62.1 Å². The minimum Gasteiger partial charge on any atom is -0.397 e. The first-order valence-corrected chi connectivity index (χ1v) is 5.77. The molecule has 4 heteroatoms. The number of nitrogens with zero attached hydrogens (tertiary/aromatic N) is 1. The average molecular weight is 241 g/mol. The van der Waals surface area contributed by atoms with Crippen LogP contribution in [0.5, 0.6) is 0 Å². The van der Waals surface area contributed by atoms with Crippen LogP contribution in [0.3, 0.4) is 0 Å². The Morgan fingerprint density at radius 2 is 2.33 bits per heavy atom. The molecule has 0 atom stereocenters. The van der Waals surface area contributed by atoms with E-state index in [1.54, 1.807) is 17.0 Å². The molecule has 0 unspecified atom stereocenters. The predicted molar refractivity (Wildman–Crippen MR) is 73.1 cm³/mol. The van der Waals surface area contributed by atoms with E-state index in [-0.39, 0.29) is 5.91 Å². The third kappa shape index (κ3) is 2.03. The fourth-order valence-electron chi connectivity index (χ4n) is 1.90. The number of anilines is 1. The summed E-state index contributed by atoms with van der Waals surface area (Å²) in [6, 6.07) is 7.37. The zero-order valence-electron chi connectivity index (χ0n) is 10.2. The van der Waals surface area contributed by atoms with Gasteiger partial charge in [-0.2, -0.15) is 0 Å². The summed E-state index contributed by atoms with van der Waals surface area (Å²) >= 11 is 0. The highest BCUT2D eigenvalue weighted by atomic mass is 16.2. The summed E-state index contributed by atoms with van der Waals surface area (Å²) in [5, 5.41) is 0.926. The van der Waals surface area contributed by atoms with Crippen molar-refractivity contribution in [2.45, 2.75) is 6.92 Å². The summed E-state index contributed by atoms with van der Waals surface area (Å²) in [7, 11) is 0. The molecule has 1 aromatic carbocycles. The molecule has 0 spiro atoms. The largest absolute Gasteiger partial charge is 0.397 e. The van der Waals surface area contributed by atoms with Gasteiger partial charge in [0.05, 0.1) is 17.7 Å². The van der Waals surface area contributed by atoms with Gasteiger partial charge in [-0.15, -0.1) is 6.42 Å². The number of benzene rings is 1. The third-order valence-electron chi connectivity index (χ3n) is 2.87. The number of para-hydroxylation sites is 1. The molecule has 2 rings (SSSR count). The number of nitrogens with two attached hydrogens (primary N) is 1. The number of H-pyrrole nitrogens is 1. The second-order valence-electron chi connectivity index (χ2n) is 4.02. The van der Waals surface area contributed by atoms with Crippen molar-refractivity contribution in [3.05, 3.63) is 30.0 Å². The van der Waals surface area contributed by atoms with Crippen molar-refractivity contribution in [3.63, 3.8) is 0 Å². The smallest absolute Gasteiger partial charge is 0.271 e. The molecule has 0 bridgehead atoms. The van der Waals surface area contributed by atoms with Gasteiger partial charge in [0.15, 0.2) is 0 Å². The number of nitrogens with one attached hydrogen (secondary N) is 1. The Kier molecular flexibility index (Phi) is 3.24. The van der Waals surface area contributed by atoms with Crippen molar-refractivity contribution in [1.29, 1.82) is 0 Å². The van der Waals surface area contributed by atoms with Crippen molar-refractivity contribution in [3.8, 4) is 12.3 Å². The van der Waals surface area contributed by atoms with E-state index in [1.807, 2.05) is 19.1 Å². The first-order chi connectivity index (χ1) is 8.67. The predicted octanol–water partition coefficient (Wildman–Crippen LogP) is 1.85. The number of nitrogen functional groups attached to an aromatic ring is 1. The van der Waals surface area contributed by atoms with Crippen LogP contribution in [0.4, 0.5) is 5.69 Å². The maximum atomic E-state index is 12.2. The maximum Gasteiger partial charge on any atom is 0.271 e. The molecule has 2 aromatic rings. The van der Waals surface area contributed by atoms with Gasteiger partial charge >= 0.3 is 0 Å². The summed E-state index contributed by atoms with van der Waals surface area (Å²) in [6.45, 7) is 2.78. The lowest BCUT2D eigenvalue weighted by molar-refractivity contribution is 0.0780. The zero-order chi connectivity index (χ0) is 13.1. The van der Waals surface area contributed by atoms with Crippen molar-refractivity contribution in [2.24, 2.45) is 0 Å². The molecular weight excluding hydrogens is 226 g/mol. The normalized spacial score (nSPS) is 10.2. The van der Waals surface area contributed by atoms with Crippen molar-refractivity contribution >= 4 is 22.5 Å². The number of rotatable bonds is 3. The monoisotopic (exact) mass is 241 g/mol. The number of terminal acetylenes is 1. The van der Waals surface area contributed by atoms with E-state index in [0.717, 1.165) is 10.9 Å². The highest BCUT2D eigenvalue weighted by Crippen LogP contribution is 2.21. The molecule has 0 aliphatic rings. The molecule has 1 heterocycles. The molecule has 0 saturated heterocycles. The Morgan fingerprint density at radius 3 is 2.94 bits per heavy atom. The van der Waals surface area contributed by atoms with Crippen LogP contribution in [0.15, 0.2) is 24.3 Å². The molecular formula is C14H15N3O. The van der Waals surface area contributed by atoms with Gasteiger partial charge in [-0.1, -0.05) is 18.1 Å². The summed E-state index contributed by atoms with van der Waals surface area (Å²) in [5.41, 5.74) is 7.78. The minimum absolute atomic E-state index is 0.106. The number of carbonyl (C=O) groups excluding carboxylic acids is 1. The molecule has 0 saturated carbocycles. The van der Waals surface area contributed by atoms with Gasteiger partial charge < -0.3 is 15.6 Å². The highest BCUT2D eigenvalue weighted by Gasteiger charge is 2.16. The first kappa shape index (κ1) is 12.1. The second kappa shape index (κ2) is 4.84. The van der Waals surface area contributed by atoms with Crippen molar-refractivity contribution in [2.75, 3.05) is 18.8 Å².